The molecule has 1 aliphatic carbocycles. The number of sulfone groups is 1. The Morgan fingerprint density at radius 2 is 1.94 bits per heavy atom. The van der Waals surface area contributed by atoms with E-state index in [2.05, 4.69) is 0 Å². The number of carbonyl (C=O) groups is 1. The van der Waals surface area contributed by atoms with Crippen LogP contribution in [0.2, 0.25) is 5.02 Å². The van der Waals surface area contributed by atoms with Gasteiger partial charge in [0.25, 0.3) is 0 Å². The number of aliphatic hydroxyl groups excluding tert-OH is 1. The molecule has 7 heteroatoms. The highest BCUT2D eigenvalue weighted by molar-refractivity contribution is 7.92. The molecule has 0 saturated heterocycles. The number of aliphatic hydroxyl groups is 1. The van der Waals surface area contributed by atoms with Gasteiger partial charge in [-0.2, -0.15) is 0 Å². The van der Waals surface area contributed by atoms with Crippen molar-refractivity contribution in [1.82, 2.24) is 0 Å². The summed E-state index contributed by atoms with van der Waals surface area (Å²) in [6.07, 6.45) is -0.0657. The van der Waals surface area contributed by atoms with Crippen LogP contribution in [0.5, 0.6) is 0 Å². The first kappa shape index (κ1) is 13.3. The lowest BCUT2D eigenvalue weighted by Crippen LogP contribution is -2.27. The lowest BCUT2D eigenvalue weighted by molar-refractivity contribution is -0.144. The van der Waals surface area contributed by atoms with Crippen molar-refractivity contribution < 1.29 is 23.4 Å². The molecule has 1 aliphatic rings. The number of halogens is 1. The first-order chi connectivity index (χ1) is 8.34. The van der Waals surface area contributed by atoms with Gasteiger partial charge < -0.3 is 10.2 Å². The number of hydrogen-bond donors (Lipinski definition) is 2. The highest BCUT2D eigenvalue weighted by Gasteiger charge is 2.66. The topological polar surface area (TPSA) is 91.7 Å². The van der Waals surface area contributed by atoms with Crippen LogP contribution in [0, 0.1) is 5.41 Å². The number of carboxylic acid groups (broad SMARTS) is 1. The maximum atomic E-state index is 12.2. The van der Waals surface area contributed by atoms with Crippen molar-refractivity contribution in [3.8, 4) is 0 Å². The highest BCUT2D eigenvalue weighted by atomic mass is 35.5. The van der Waals surface area contributed by atoms with E-state index >= 15 is 0 Å². The molecule has 0 aliphatic heterocycles. The van der Waals surface area contributed by atoms with Crippen LogP contribution in [0.25, 0.3) is 0 Å². The van der Waals surface area contributed by atoms with Crippen molar-refractivity contribution >= 4 is 27.4 Å². The number of rotatable bonds is 4. The average molecular weight is 291 g/mol. The van der Waals surface area contributed by atoms with E-state index in [1.54, 1.807) is 0 Å². The Kier molecular flexibility index (Phi) is 3.12. The maximum Gasteiger partial charge on any atom is 0.313 e. The minimum absolute atomic E-state index is 0.0217. The van der Waals surface area contributed by atoms with Gasteiger partial charge in [-0.15, -0.1) is 0 Å². The molecule has 0 spiro atoms. The normalized spacial score (nSPS) is 26.9. The molecule has 1 aromatic rings. The smallest absolute Gasteiger partial charge is 0.313 e. The lowest BCUT2D eigenvalue weighted by Gasteiger charge is -2.09. The van der Waals surface area contributed by atoms with E-state index in [0.29, 0.717) is 5.02 Å². The van der Waals surface area contributed by atoms with Gasteiger partial charge in [0.05, 0.1) is 16.8 Å². The fourth-order valence-electron chi connectivity index (χ4n) is 1.93. The Morgan fingerprint density at radius 1 is 1.39 bits per heavy atom. The zero-order chi connectivity index (χ0) is 13.6. The maximum absolute atomic E-state index is 12.2. The molecule has 0 aromatic heterocycles. The van der Waals surface area contributed by atoms with Crippen LogP contribution in [0.4, 0.5) is 0 Å². The first-order valence-electron chi connectivity index (χ1n) is 5.18. The summed E-state index contributed by atoms with van der Waals surface area (Å²) in [7, 11) is -3.75. The van der Waals surface area contributed by atoms with Crippen LogP contribution in [0.15, 0.2) is 29.2 Å². The second-order valence-corrected chi connectivity index (χ2v) is 6.88. The Balaban J connectivity index is 2.35. The SMILES string of the molecule is O=C(O)[C@]1(CO)C[C@@H]1S(=O)(=O)c1ccc(Cl)cc1. The molecule has 98 valence electrons. The minimum Gasteiger partial charge on any atom is -0.481 e. The fraction of sp³-hybridized carbons (Fsp3) is 0.364. The zero-order valence-corrected chi connectivity index (χ0v) is 10.8. The number of benzene rings is 1. The Bertz CT molecular complexity index is 580. The molecule has 1 fully saturated rings. The van der Waals surface area contributed by atoms with E-state index in [0.717, 1.165) is 0 Å². The zero-order valence-electron chi connectivity index (χ0n) is 9.21. The minimum atomic E-state index is -3.75. The molecule has 0 heterocycles. The predicted molar refractivity (Wildman–Crippen MR) is 64.2 cm³/mol. The fourth-order valence-corrected chi connectivity index (χ4v) is 4.18. The Hall–Kier alpha value is -1.11. The summed E-state index contributed by atoms with van der Waals surface area (Å²) in [5, 5.41) is 17.4. The quantitative estimate of drug-likeness (QED) is 0.861. The summed E-state index contributed by atoms with van der Waals surface area (Å²) < 4.78 is 24.3. The molecule has 1 saturated carbocycles. The molecule has 2 atom stereocenters. The summed E-state index contributed by atoms with van der Waals surface area (Å²) in [5.74, 6) is -1.28. The molecular weight excluding hydrogens is 280 g/mol. The third kappa shape index (κ3) is 1.90. The third-order valence-corrected chi connectivity index (χ3v) is 5.78. The molecule has 18 heavy (non-hydrogen) atoms. The van der Waals surface area contributed by atoms with E-state index < -0.39 is 33.1 Å². The summed E-state index contributed by atoms with van der Waals surface area (Å²) >= 11 is 5.66. The number of aliphatic carboxylic acids is 1. The summed E-state index contributed by atoms with van der Waals surface area (Å²) in [4.78, 5) is 11.0. The van der Waals surface area contributed by atoms with Crippen molar-refractivity contribution in [2.24, 2.45) is 5.41 Å². The van der Waals surface area contributed by atoms with Crippen molar-refractivity contribution in [2.75, 3.05) is 6.61 Å². The van der Waals surface area contributed by atoms with E-state index in [4.69, 9.17) is 21.8 Å². The van der Waals surface area contributed by atoms with Gasteiger partial charge in [0, 0.05) is 5.02 Å². The Morgan fingerprint density at radius 3 is 2.33 bits per heavy atom. The monoisotopic (exact) mass is 290 g/mol. The molecule has 0 unspecified atom stereocenters. The molecule has 1 aromatic carbocycles. The molecule has 5 nitrogen and oxygen atoms in total. The van der Waals surface area contributed by atoms with Gasteiger partial charge in [0.2, 0.25) is 0 Å². The van der Waals surface area contributed by atoms with E-state index in [1.807, 2.05) is 0 Å². The average Bonchev–Trinajstić information content (AvgIpc) is 3.06. The molecule has 2 N–H and O–H groups in total. The number of hydrogen-bond acceptors (Lipinski definition) is 4. The summed E-state index contributed by atoms with van der Waals surface area (Å²) in [5.41, 5.74) is -1.56. The van der Waals surface area contributed by atoms with Gasteiger partial charge in [-0.3, -0.25) is 4.79 Å². The van der Waals surface area contributed by atoms with Crippen LogP contribution in [-0.2, 0) is 14.6 Å². The molecule has 0 amide bonds. The summed E-state index contributed by atoms with van der Waals surface area (Å²) in [6.45, 7) is -0.681. The van der Waals surface area contributed by atoms with Gasteiger partial charge in [-0.05, 0) is 30.7 Å². The lowest BCUT2D eigenvalue weighted by atomic mass is 10.1. The predicted octanol–water partition coefficient (Wildman–Crippen LogP) is 0.949. The second-order valence-electron chi connectivity index (χ2n) is 4.31. The highest BCUT2D eigenvalue weighted by Crippen LogP contribution is 2.52. The van der Waals surface area contributed by atoms with Crippen molar-refractivity contribution in [3.05, 3.63) is 29.3 Å². The molecule has 0 radical (unpaired) electrons. The van der Waals surface area contributed by atoms with Crippen LogP contribution in [0.3, 0.4) is 0 Å². The number of carboxylic acids is 1. The molecular formula is C11H11ClO5S. The van der Waals surface area contributed by atoms with Crippen molar-refractivity contribution in [2.45, 2.75) is 16.6 Å². The second kappa shape index (κ2) is 4.22. The molecule has 0 bridgehead atoms. The summed E-state index contributed by atoms with van der Waals surface area (Å²) in [6, 6.07) is 5.52. The first-order valence-corrected chi connectivity index (χ1v) is 7.11. The van der Waals surface area contributed by atoms with Gasteiger partial charge in [-0.25, -0.2) is 8.42 Å². The van der Waals surface area contributed by atoms with Gasteiger partial charge >= 0.3 is 5.97 Å². The van der Waals surface area contributed by atoms with E-state index in [1.165, 1.54) is 24.3 Å². The van der Waals surface area contributed by atoms with Crippen LogP contribution < -0.4 is 0 Å². The van der Waals surface area contributed by atoms with Gasteiger partial charge in [0.15, 0.2) is 9.84 Å². The van der Waals surface area contributed by atoms with Crippen LogP contribution >= 0.6 is 11.6 Å². The molecule has 2 rings (SSSR count). The van der Waals surface area contributed by atoms with Crippen LogP contribution in [-0.4, -0.2) is 36.5 Å². The van der Waals surface area contributed by atoms with Crippen LogP contribution in [0.1, 0.15) is 6.42 Å². The van der Waals surface area contributed by atoms with Crippen molar-refractivity contribution in [3.63, 3.8) is 0 Å². The van der Waals surface area contributed by atoms with Gasteiger partial charge in [-0.1, -0.05) is 11.6 Å². The largest absolute Gasteiger partial charge is 0.481 e. The van der Waals surface area contributed by atoms with E-state index in [9.17, 15) is 13.2 Å². The Labute approximate surface area is 109 Å². The van der Waals surface area contributed by atoms with Gasteiger partial charge in [0.1, 0.15) is 5.41 Å². The van der Waals surface area contributed by atoms with E-state index in [-0.39, 0.29) is 11.3 Å². The third-order valence-electron chi connectivity index (χ3n) is 3.23. The standard InChI is InChI=1S/C11H11ClO5S/c12-7-1-3-8(4-2-7)18(16,17)9-5-11(9,6-13)10(14)15/h1-4,9,13H,5-6H2,(H,14,15)/t9-,11-/m0/s1. The van der Waals surface area contributed by atoms with Crippen molar-refractivity contribution in [1.29, 1.82) is 0 Å².